The number of aliphatic hydroxyl groups excluding tert-OH is 1. The van der Waals surface area contributed by atoms with Crippen molar-refractivity contribution in [3.63, 3.8) is 0 Å². The van der Waals surface area contributed by atoms with Gasteiger partial charge in [0, 0.05) is 17.7 Å². The SMILES string of the molecule is O=C(NC1CCC(O)CC1)NC1CCOC1c1ccc(Cl)cc1. The van der Waals surface area contributed by atoms with Gasteiger partial charge in [-0.05, 0) is 49.8 Å². The third kappa shape index (κ3) is 4.37. The first-order valence-electron chi connectivity index (χ1n) is 8.24. The smallest absolute Gasteiger partial charge is 0.315 e. The average molecular weight is 339 g/mol. The Kier molecular flexibility index (Phi) is 5.41. The maximum absolute atomic E-state index is 12.2. The molecule has 2 amide bonds. The molecule has 5 nitrogen and oxygen atoms in total. The summed E-state index contributed by atoms with van der Waals surface area (Å²) in [7, 11) is 0. The van der Waals surface area contributed by atoms with Gasteiger partial charge in [-0.2, -0.15) is 0 Å². The zero-order valence-electron chi connectivity index (χ0n) is 13.0. The second-order valence-electron chi connectivity index (χ2n) is 6.36. The Morgan fingerprint density at radius 3 is 2.48 bits per heavy atom. The minimum atomic E-state index is -0.214. The Bertz CT molecular complexity index is 529. The fourth-order valence-electron chi connectivity index (χ4n) is 3.33. The van der Waals surface area contributed by atoms with Gasteiger partial charge in [0.05, 0.1) is 12.1 Å². The maximum Gasteiger partial charge on any atom is 0.315 e. The molecule has 1 saturated carbocycles. The molecule has 2 unspecified atom stereocenters. The van der Waals surface area contributed by atoms with Crippen LogP contribution in [-0.4, -0.2) is 35.9 Å². The molecule has 6 heteroatoms. The fourth-order valence-corrected chi connectivity index (χ4v) is 3.46. The lowest BCUT2D eigenvalue weighted by Crippen LogP contribution is -2.48. The van der Waals surface area contributed by atoms with E-state index in [4.69, 9.17) is 16.3 Å². The van der Waals surface area contributed by atoms with Crippen LogP contribution in [0.15, 0.2) is 24.3 Å². The summed E-state index contributed by atoms with van der Waals surface area (Å²) in [4.78, 5) is 12.2. The zero-order valence-corrected chi connectivity index (χ0v) is 13.8. The van der Waals surface area contributed by atoms with Gasteiger partial charge in [0.25, 0.3) is 0 Å². The van der Waals surface area contributed by atoms with Crippen molar-refractivity contribution in [3.8, 4) is 0 Å². The Morgan fingerprint density at radius 1 is 1.09 bits per heavy atom. The molecule has 0 spiro atoms. The predicted molar refractivity (Wildman–Crippen MR) is 88.5 cm³/mol. The van der Waals surface area contributed by atoms with Crippen LogP contribution in [0.3, 0.4) is 0 Å². The lowest BCUT2D eigenvalue weighted by Gasteiger charge is -2.27. The topological polar surface area (TPSA) is 70.6 Å². The van der Waals surface area contributed by atoms with Gasteiger partial charge in [-0.25, -0.2) is 4.79 Å². The van der Waals surface area contributed by atoms with Gasteiger partial charge in [-0.3, -0.25) is 0 Å². The van der Waals surface area contributed by atoms with Crippen LogP contribution in [0.2, 0.25) is 5.02 Å². The van der Waals surface area contributed by atoms with Gasteiger partial charge < -0.3 is 20.5 Å². The number of hydrogen-bond acceptors (Lipinski definition) is 3. The minimum absolute atomic E-state index is 0.0367. The second kappa shape index (κ2) is 7.51. The first kappa shape index (κ1) is 16.6. The van der Waals surface area contributed by atoms with Gasteiger partial charge in [0.1, 0.15) is 6.10 Å². The molecule has 126 valence electrons. The molecule has 2 fully saturated rings. The number of carbonyl (C=O) groups is 1. The molecule has 2 aliphatic rings. The van der Waals surface area contributed by atoms with Crippen molar-refractivity contribution < 1.29 is 14.6 Å². The number of amides is 2. The van der Waals surface area contributed by atoms with E-state index in [0.29, 0.717) is 11.6 Å². The summed E-state index contributed by atoms with van der Waals surface area (Å²) < 4.78 is 5.78. The normalized spacial score (nSPS) is 30.9. The summed E-state index contributed by atoms with van der Waals surface area (Å²) in [5.74, 6) is 0. The van der Waals surface area contributed by atoms with Crippen molar-refractivity contribution in [2.45, 2.75) is 56.4 Å². The highest BCUT2D eigenvalue weighted by Crippen LogP contribution is 2.30. The number of ether oxygens (including phenoxy) is 1. The van der Waals surface area contributed by atoms with Gasteiger partial charge >= 0.3 is 6.03 Å². The van der Waals surface area contributed by atoms with E-state index in [2.05, 4.69) is 10.6 Å². The molecule has 1 saturated heterocycles. The van der Waals surface area contributed by atoms with Crippen LogP contribution in [0, 0.1) is 0 Å². The molecule has 2 atom stereocenters. The Hall–Kier alpha value is -1.30. The molecule has 0 bridgehead atoms. The van der Waals surface area contributed by atoms with Gasteiger partial charge in [-0.1, -0.05) is 23.7 Å². The fraction of sp³-hybridized carbons (Fsp3) is 0.588. The molecule has 1 heterocycles. The molecule has 1 aromatic rings. The van der Waals surface area contributed by atoms with Gasteiger partial charge in [0.15, 0.2) is 0 Å². The number of halogens is 1. The molecule has 1 aliphatic heterocycles. The summed E-state index contributed by atoms with van der Waals surface area (Å²) in [5, 5.41) is 16.2. The monoisotopic (exact) mass is 338 g/mol. The molecule has 3 N–H and O–H groups in total. The largest absolute Gasteiger partial charge is 0.393 e. The van der Waals surface area contributed by atoms with Crippen LogP contribution in [0.1, 0.15) is 43.8 Å². The van der Waals surface area contributed by atoms with Gasteiger partial charge in [-0.15, -0.1) is 0 Å². The van der Waals surface area contributed by atoms with Crippen LogP contribution in [0.25, 0.3) is 0 Å². The number of carbonyl (C=O) groups excluding carboxylic acids is 1. The van der Waals surface area contributed by atoms with Crippen molar-refractivity contribution >= 4 is 17.6 Å². The molecule has 0 aromatic heterocycles. The summed E-state index contributed by atoms with van der Waals surface area (Å²) >= 11 is 5.92. The van der Waals surface area contributed by atoms with E-state index in [0.717, 1.165) is 37.7 Å². The average Bonchev–Trinajstić information content (AvgIpc) is 2.98. The predicted octanol–water partition coefficient (Wildman–Crippen LogP) is 2.77. The molecule has 1 aliphatic carbocycles. The number of urea groups is 1. The van der Waals surface area contributed by atoms with Gasteiger partial charge in [0.2, 0.25) is 0 Å². The van der Waals surface area contributed by atoms with E-state index < -0.39 is 0 Å². The van der Waals surface area contributed by atoms with Crippen molar-refractivity contribution in [2.75, 3.05) is 6.61 Å². The maximum atomic E-state index is 12.2. The zero-order chi connectivity index (χ0) is 16.2. The van der Waals surface area contributed by atoms with Crippen LogP contribution in [0.4, 0.5) is 4.79 Å². The number of benzene rings is 1. The van der Waals surface area contributed by atoms with E-state index in [9.17, 15) is 9.90 Å². The molecule has 1 aromatic carbocycles. The summed E-state index contributed by atoms with van der Waals surface area (Å²) in [6.07, 6.45) is 3.62. The standard InChI is InChI=1S/C17H23ClN2O3/c18-12-3-1-11(2-4-12)16-15(9-10-23-16)20-17(22)19-13-5-7-14(21)8-6-13/h1-4,13-16,21H,5-10H2,(H2,19,20,22). The highest BCUT2D eigenvalue weighted by Gasteiger charge is 2.31. The summed E-state index contributed by atoms with van der Waals surface area (Å²) in [6.45, 7) is 0.633. The lowest BCUT2D eigenvalue weighted by molar-refractivity contribution is 0.0989. The molecule has 3 rings (SSSR count). The van der Waals surface area contributed by atoms with E-state index in [1.807, 2.05) is 24.3 Å². The van der Waals surface area contributed by atoms with Crippen molar-refractivity contribution in [1.82, 2.24) is 10.6 Å². The van der Waals surface area contributed by atoms with E-state index >= 15 is 0 Å². The molecular weight excluding hydrogens is 316 g/mol. The van der Waals surface area contributed by atoms with Crippen LogP contribution in [-0.2, 0) is 4.74 Å². The Balaban J connectivity index is 1.54. The lowest BCUT2D eigenvalue weighted by atomic mass is 9.93. The van der Waals surface area contributed by atoms with Crippen LogP contribution in [0.5, 0.6) is 0 Å². The first-order chi connectivity index (χ1) is 11.1. The number of aliphatic hydroxyl groups is 1. The minimum Gasteiger partial charge on any atom is -0.393 e. The highest BCUT2D eigenvalue weighted by atomic mass is 35.5. The van der Waals surface area contributed by atoms with Crippen molar-refractivity contribution in [2.24, 2.45) is 0 Å². The summed E-state index contributed by atoms with van der Waals surface area (Å²) in [6, 6.07) is 7.51. The Labute approximate surface area is 141 Å². The second-order valence-corrected chi connectivity index (χ2v) is 6.80. The number of nitrogens with one attached hydrogen (secondary N) is 2. The Morgan fingerprint density at radius 2 is 1.78 bits per heavy atom. The number of hydrogen-bond donors (Lipinski definition) is 3. The quantitative estimate of drug-likeness (QED) is 0.793. The van der Waals surface area contributed by atoms with Crippen LogP contribution < -0.4 is 10.6 Å². The first-order valence-corrected chi connectivity index (χ1v) is 8.62. The van der Waals surface area contributed by atoms with Crippen molar-refractivity contribution in [1.29, 1.82) is 0 Å². The molecule has 0 radical (unpaired) electrons. The molecular formula is C17H23ClN2O3. The third-order valence-corrected chi connectivity index (χ3v) is 4.89. The van der Waals surface area contributed by atoms with E-state index in [-0.39, 0.29) is 30.3 Å². The third-order valence-electron chi connectivity index (χ3n) is 4.64. The van der Waals surface area contributed by atoms with E-state index in [1.165, 1.54) is 0 Å². The summed E-state index contributed by atoms with van der Waals surface area (Å²) in [5.41, 5.74) is 1.03. The van der Waals surface area contributed by atoms with E-state index in [1.54, 1.807) is 0 Å². The van der Waals surface area contributed by atoms with Crippen molar-refractivity contribution in [3.05, 3.63) is 34.9 Å². The molecule has 23 heavy (non-hydrogen) atoms. The highest BCUT2D eigenvalue weighted by molar-refractivity contribution is 6.30. The van der Waals surface area contributed by atoms with Crippen LogP contribution >= 0.6 is 11.6 Å². The number of rotatable bonds is 3.